The minimum Gasteiger partial charge on any atom is -0.456 e. The number of hydrogen-bond acceptors (Lipinski definition) is 6. The van der Waals surface area contributed by atoms with Crippen LogP contribution in [0.25, 0.3) is 0 Å². The Morgan fingerprint density at radius 3 is 1.24 bits per heavy atom. The highest BCUT2D eigenvalue weighted by atomic mass is 31.2. The number of ether oxygens (including phenoxy) is 1. The van der Waals surface area contributed by atoms with E-state index in [1.54, 1.807) is 0 Å². The van der Waals surface area contributed by atoms with E-state index in [4.69, 9.17) is 13.8 Å². The second kappa shape index (κ2) is 55.3. The Balaban J connectivity index is 5.08. The number of hydrogen-bond donors (Lipinski definition) is 2. The molecule has 0 aliphatic rings. The van der Waals surface area contributed by atoms with Gasteiger partial charge in [-0.2, -0.15) is 0 Å². The van der Waals surface area contributed by atoms with Gasteiger partial charge in [-0.05, 0) is 70.3 Å². The molecule has 0 saturated heterocycles. The number of carbonyl (C=O) groups is 2. The highest BCUT2D eigenvalue weighted by molar-refractivity contribution is 7.47. The fraction of sp³-hybridized carbons (Fsp3) is 0.846. The fourth-order valence-corrected chi connectivity index (χ4v) is 10.0. The van der Waals surface area contributed by atoms with Crippen LogP contribution in [0.5, 0.6) is 0 Å². The summed E-state index contributed by atoms with van der Waals surface area (Å²) in [7, 11) is 1.50. The molecule has 0 aliphatic heterocycles. The predicted octanol–water partition coefficient (Wildman–Crippen LogP) is 19.7. The molecule has 0 saturated carbocycles. The van der Waals surface area contributed by atoms with Gasteiger partial charge in [0.15, 0.2) is 0 Å². The number of quaternary nitrogens is 1. The maximum Gasteiger partial charge on any atom is 0.472 e. The number of amides is 1. The van der Waals surface area contributed by atoms with Crippen molar-refractivity contribution >= 4 is 19.7 Å². The van der Waals surface area contributed by atoms with Crippen molar-refractivity contribution in [3.05, 3.63) is 48.6 Å². The van der Waals surface area contributed by atoms with Crippen LogP contribution in [0.15, 0.2) is 48.6 Å². The highest BCUT2D eigenvalue weighted by Crippen LogP contribution is 2.43. The van der Waals surface area contributed by atoms with Crippen molar-refractivity contribution in [3.8, 4) is 0 Å². The lowest BCUT2D eigenvalue weighted by molar-refractivity contribution is -0.870. The van der Waals surface area contributed by atoms with E-state index in [-0.39, 0.29) is 25.1 Å². The maximum atomic E-state index is 13.6. The smallest absolute Gasteiger partial charge is 0.456 e. The molecule has 9 nitrogen and oxygen atoms in total. The van der Waals surface area contributed by atoms with Gasteiger partial charge in [-0.25, -0.2) is 4.57 Å². The zero-order valence-electron chi connectivity index (χ0n) is 50.3. The lowest BCUT2D eigenvalue weighted by Crippen LogP contribution is -2.47. The SMILES string of the molecule is CCCCC/C=C\C/C=C\C/C=C\CCCCCCCCCCCCCCC(=O)NC(COP(=O)(O)OCC[N+](C)(C)C)C(/C=C/CCCCCCCCCCCCC)OC(=O)CCCCCCCCCCCCC. The summed E-state index contributed by atoms with van der Waals surface area (Å²) in [6.07, 6.45) is 68.2. The van der Waals surface area contributed by atoms with Crippen molar-refractivity contribution in [2.45, 2.75) is 315 Å². The van der Waals surface area contributed by atoms with E-state index in [1.165, 1.54) is 199 Å². The van der Waals surface area contributed by atoms with E-state index in [0.29, 0.717) is 23.9 Å². The van der Waals surface area contributed by atoms with E-state index in [0.717, 1.165) is 70.6 Å². The monoisotopic (exact) mass is 1080 g/mol. The Morgan fingerprint density at radius 2 is 0.813 bits per heavy atom. The van der Waals surface area contributed by atoms with Gasteiger partial charge in [0.1, 0.15) is 19.3 Å². The molecule has 0 heterocycles. The van der Waals surface area contributed by atoms with Crippen molar-refractivity contribution in [2.75, 3.05) is 40.9 Å². The first-order chi connectivity index (χ1) is 36.4. The highest BCUT2D eigenvalue weighted by Gasteiger charge is 2.30. The lowest BCUT2D eigenvalue weighted by Gasteiger charge is -2.27. The molecule has 0 aromatic heterocycles. The molecule has 3 atom stereocenters. The molecule has 0 rings (SSSR count). The van der Waals surface area contributed by atoms with Crippen molar-refractivity contribution < 1.29 is 37.3 Å². The number of unbranched alkanes of at least 4 members (excludes halogenated alkanes) is 36. The van der Waals surface area contributed by atoms with Gasteiger partial charge in [-0.3, -0.25) is 18.6 Å². The number of rotatable bonds is 58. The largest absolute Gasteiger partial charge is 0.472 e. The summed E-state index contributed by atoms with van der Waals surface area (Å²) < 4.78 is 30.7. The second-order valence-corrected chi connectivity index (χ2v) is 24.4. The number of nitrogens with one attached hydrogen (secondary N) is 1. The number of likely N-dealkylation sites (N-methyl/N-ethyl adjacent to an activating group) is 1. The summed E-state index contributed by atoms with van der Waals surface area (Å²) >= 11 is 0. The van der Waals surface area contributed by atoms with Crippen LogP contribution in [0.2, 0.25) is 0 Å². The molecule has 440 valence electrons. The number of phosphoric acid groups is 1. The quantitative estimate of drug-likeness (QED) is 0.0205. The van der Waals surface area contributed by atoms with Gasteiger partial charge in [0.05, 0.1) is 33.8 Å². The van der Waals surface area contributed by atoms with Crippen molar-refractivity contribution in [3.63, 3.8) is 0 Å². The number of allylic oxidation sites excluding steroid dienone is 7. The summed E-state index contributed by atoms with van der Waals surface area (Å²) in [5, 5.41) is 3.06. The van der Waals surface area contributed by atoms with Crippen molar-refractivity contribution in [1.82, 2.24) is 5.32 Å². The van der Waals surface area contributed by atoms with Crippen LogP contribution in [0.3, 0.4) is 0 Å². The van der Waals surface area contributed by atoms with Gasteiger partial charge in [-0.15, -0.1) is 0 Å². The van der Waals surface area contributed by atoms with Gasteiger partial charge < -0.3 is 19.4 Å². The molecule has 0 aromatic carbocycles. The average Bonchev–Trinajstić information content (AvgIpc) is 3.37. The summed E-state index contributed by atoms with van der Waals surface area (Å²) in [5.74, 6) is -0.497. The van der Waals surface area contributed by atoms with Crippen molar-refractivity contribution in [2.24, 2.45) is 0 Å². The molecule has 3 unspecified atom stereocenters. The van der Waals surface area contributed by atoms with Crippen LogP contribution in [0.4, 0.5) is 0 Å². The Hall–Kier alpha value is -2.03. The first-order valence-electron chi connectivity index (χ1n) is 32.0. The minimum absolute atomic E-state index is 0.0414. The number of carbonyl (C=O) groups excluding carboxylic acids is 2. The Bertz CT molecular complexity index is 1420. The minimum atomic E-state index is -4.44. The average molecular weight is 1080 g/mol. The topological polar surface area (TPSA) is 111 Å². The predicted molar refractivity (Wildman–Crippen MR) is 323 cm³/mol. The molecular formula is C65H124N2O7P+. The van der Waals surface area contributed by atoms with Crippen LogP contribution in [-0.2, 0) is 27.9 Å². The van der Waals surface area contributed by atoms with E-state index in [9.17, 15) is 19.0 Å². The fourth-order valence-electron chi connectivity index (χ4n) is 9.30. The molecule has 0 radical (unpaired) electrons. The molecule has 0 aromatic rings. The Kier molecular flexibility index (Phi) is 53.8. The molecule has 1 amide bonds. The molecule has 75 heavy (non-hydrogen) atoms. The third kappa shape index (κ3) is 56.5. The molecule has 0 spiro atoms. The summed E-state index contributed by atoms with van der Waals surface area (Å²) in [5.41, 5.74) is 0. The zero-order chi connectivity index (χ0) is 55.0. The van der Waals surface area contributed by atoms with Crippen molar-refractivity contribution in [1.29, 1.82) is 0 Å². The second-order valence-electron chi connectivity index (χ2n) is 22.9. The van der Waals surface area contributed by atoms with Gasteiger partial charge >= 0.3 is 13.8 Å². The van der Waals surface area contributed by atoms with E-state index < -0.39 is 20.0 Å². The first-order valence-corrected chi connectivity index (χ1v) is 33.5. The molecule has 0 bridgehead atoms. The van der Waals surface area contributed by atoms with E-state index in [2.05, 4.69) is 62.5 Å². The first kappa shape index (κ1) is 73.0. The van der Waals surface area contributed by atoms with Gasteiger partial charge in [-0.1, -0.05) is 269 Å². The van der Waals surface area contributed by atoms with Crippen LogP contribution in [0, 0.1) is 0 Å². The van der Waals surface area contributed by atoms with Gasteiger partial charge in [0, 0.05) is 12.8 Å². The zero-order valence-corrected chi connectivity index (χ0v) is 51.2. The molecule has 10 heteroatoms. The Morgan fingerprint density at radius 1 is 0.467 bits per heavy atom. The third-order valence-corrected chi connectivity index (χ3v) is 15.3. The molecular weight excluding hydrogens is 952 g/mol. The number of esters is 1. The van der Waals surface area contributed by atoms with Crippen LogP contribution < -0.4 is 5.32 Å². The summed E-state index contributed by atoms with van der Waals surface area (Å²) in [4.78, 5) is 37.7. The third-order valence-electron chi connectivity index (χ3n) is 14.3. The standard InChI is InChI=1S/C65H123N2O7P/c1-7-10-13-16-19-22-25-27-28-29-30-31-32-33-34-35-36-37-38-40-43-45-48-51-54-57-64(68)66-62(61-73-75(70,71)72-60-59-67(4,5)6)63(56-53-50-47-44-42-39-26-23-20-17-14-11-8-2)74-65(69)58-55-52-49-46-41-24-21-18-15-12-9-3/h19,22,27-28,30-31,53,56,62-63H,7-18,20-21,23-26,29,32-52,54-55,57-61H2,1-6H3,(H-,66,68,70,71)/p+1/b22-19-,28-27-,31-30-,56-53+. The molecule has 2 N–H and O–H groups in total. The Labute approximate surface area is 465 Å². The lowest BCUT2D eigenvalue weighted by atomic mass is 10.0. The summed E-state index contributed by atoms with van der Waals surface area (Å²) in [6.45, 7) is 7.00. The molecule has 0 fully saturated rings. The number of phosphoric ester groups is 1. The van der Waals surface area contributed by atoms with Crippen LogP contribution in [-0.4, -0.2) is 74.3 Å². The van der Waals surface area contributed by atoms with E-state index >= 15 is 0 Å². The maximum absolute atomic E-state index is 13.6. The summed E-state index contributed by atoms with van der Waals surface area (Å²) in [6, 6.07) is -0.846. The number of nitrogens with zero attached hydrogens (tertiary/aromatic N) is 1. The van der Waals surface area contributed by atoms with E-state index in [1.807, 2.05) is 33.3 Å². The van der Waals surface area contributed by atoms with Crippen LogP contribution in [0.1, 0.15) is 303 Å². The normalized spacial score (nSPS) is 14.0. The molecule has 0 aliphatic carbocycles. The van der Waals surface area contributed by atoms with Gasteiger partial charge in [0.25, 0.3) is 0 Å². The van der Waals surface area contributed by atoms with Gasteiger partial charge in [0.2, 0.25) is 5.91 Å². The van der Waals surface area contributed by atoms with Crippen LogP contribution >= 0.6 is 7.82 Å².